The van der Waals surface area contributed by atoms with Gasteiger partial charge in [0.1, 0.15) is 0 Å². The van der Waals surface area contributed by atoms with Crippen LogP contribution in [0.15, 0.2) is 57.9 Å². The fourth-order valence-electron chi connectivity index (χ4n) is 3.01. The summed E-state index contributed by atoms with van der Waals surface area (Å²) in [4.78, 5) is 14.4. The Morgan fingerprint density at radius 3 is 2.33 bits per heavy atom. The lowest BCUT2D eigenvalue weighted by molar-refractivity contribution is -0.132. The van der Waals surface area contributed by atoms with Gasteiger partial charge in [0.25, 0.3) is 0 Å². The van der Waals surface area contributed by atoms with E-state index in [9.17, 15) is 13.2 Å². The Morgan fingerprint density at radius 2 is 1.70 bits per heavy atom. The van der Waals surface area contributed by atoms with Gasteiger partial charge in [0, 0.05) is 42.1 Å². The van der Waals surface area contributed by atoms with E-state index in [1.807, 2.05) is 24.3 Å². The van der Waals surface area contributed by atoms with Gasteiger partial charge in [-0.2, -0.15) is 4.31 Å². The molecule has 0 bridgehead atoms. The minimum atomic E-state index is -3.54. The smallest absolute Gasteiger partial charge is 0.243 e. The number of halogens is 2. The van der Waals surface area contributed by atoms with Crippen LogP contribution in [0.2, 0.25) is 5.02 Å². The molecule has 1 aliphatic rings. The monoisotopic (exact) mass is 470 g/mol. The highest BCUT2D eigenvalue weighted by atomic mass is 79.9. The molecule has 144 valence electrons. The van der Waals surface area contributed by atoms with Crippen LogP contribution in [0, 0.1) is 0 Å². The molecule has 0 aromatic heterocycles. The lowest BCUT2D eigenvalue weighted by atomic mass is 10.1. The standard InChI is InChI=1S/C19H20BrClN2O3S/c20-16-2-1-3-18(14-16)27(25,26)23-12-10-22(11-13-23)19(24)9-6-15-4-7-17(21)8-5-15/h1-5,7-8,14H,6,9-13H2. The zero-order valence-corrected chi connectivity index (χ0v) is 17.8. The van der Waals surface area contributed by atoms with Crippen molar-refractivity contribution in [2.45, 2.75) is 17.7 Å². The van der Waals surface area contributed by atoms with E-state index in [0.29, 0.717) is 44.0 Å². The van der Waals surface area contributed by atoms with E-state index in [0.717, 1.165) is 10.0 Å². The van der Waals surface area contributed by atoms with Crippen LogP contribution in [-0.2, 0) is 21.2 Å². The molecule has 0 aliphatic carbocycles. The number of amides is 1. The molecule has 1 fully saturated rings. The Hall–Kier alpha value is -1.41. The number of benzene rings is 2. The van der Waals surface area contributed by atoms with Crippen molar-refractivity contribution in [3.63, 3.8) is 0 Å². The van der Waals surface area contributed by atoms with E-state index >= 15 is 0 Å². The molecule has 1 amide bonds. The maximum Gasteiger partial charge on any atom is 0.243 e. The number of rotatable bonds is 5. The van der Waals surface area contributed by atoms with E-state index < -0.39 is 10.0 Å². The molecule has 0 N–H and O–H groups in total. The van der Waals surface area contributed by atoms with Crippen molar-refractivity contribution in [3.05, 3.63) is 63.6 Å². The van der Waals surface area contributed by atoms with E-state index in [4.69, 9.17) is 11.6 Å². The Labute approximate surface area is 173 Å². The number of hydrogen-bond acceptors (Lipinski definition) is 3. The largest absolute Gasteiger partial charge is 0.340 e. The average molecular weight is 472 g/mol. The van der Waals surface area contributed by atoms with Gasteiger partial charge in [-0.3, -0.25) is 4.79 Å². The van der Waals surface area contributed by atoms with Crippen molar-refractivity contribution in [2.24, 2.45) is 0 Å². The number of piperazine rings is 1. The number of carbonyl (C=O) groups excluding carboxylic acids is 1. The minimum absolute atomic E-state index is 0.0458. The summed E-state index contributed by atoms with van der Waals surface area (Å²) in [6.07, 6.45) is 1.05. The van der Waals surface area contributed by atoms with Gasteiger partial charge in [-0.1, -0.05) is 45.7 Å². The SMILES string of the molecule is O=C(CCc1ccc(Cl)cc1)N1CCN(S(=O)(=O)c2cccc(Br)c2)CC1. The van der Waals surface area contributed by atoms with Crippen LogP contribution < -0.4 is 0 Å². The van der Waals surface area contributed by atoms with Crippen molar-refractivity contribution in [2.75, 3.05) is 26.2 Å². The molecule has 0 radical (unpaired) electrons. The van der Waals surface area contributed by atoms with Gasteiger partial charge in [-0.05, 0) is 42.3 Å². The maximum absolute atomic E-state index is 12.7. The molecule has 3 rings (SSSR count). The Morgan fingerprint density at radius 1 is 1.04 bits per heavy atom. The van der Waals surface area contributed by atoms with Gasteiger partial charge in [0.05, 0.1) is 4.90 Å². The van der Waals surface area contributed by atoms with Gasteiger partial charge < -0.3 is 4.90 Å². The molecule has 27 heavy (non-hydrogen) atoms. The number of aryl methyl sites for hydroxylation is 1. The van der Waals surface area contributed by atoms with E-state index in [2.05, 4.69) is 15.9 Å². The van der Waals surface area contributed by atoms with Gasteiger partial charge in [-0.25, -0.2) is 8.42 Å². The second kappa shape index (κ2) is 8.73. The fraction of sp³-hybridized carbons (Fsp3) is 0.316. The summed E-state index contributed by atoms with van der Waals surface area (Å²) in [5, 5.41) is 0.674. The Kier molecular flexibility index (Phi) is 6.57. The molecule has 0 saturated carbocycles. The molecular weight excluding hydrogens is 452 g/mol. The molecule has 0 spiro atoms. The van der Waals surface area contributed by atoms with E-state index in [-0.39, 0.29) is 10.8 Å². The summed E-state index contributed by atoms with van der Waals surface area (Å²) >= 11 is 9.17. The first-order valence-electron chi connectivity index (χ1n) is 8.64. The molecular formula is C19H20BrClN2O3S. The molecule has 0 unspecified atom stereocenters. The van der Waals surface area contributed by atoms with Gasteiger partial charge >= 0.3 is 0 Å². The van der Waals surface area contributed by atoms with E-state index in [1.165, 1.54) is 4.31 Å². The summed E-state index contributed by atoms with van der Waals surface area (Å²) < 4.78 is 27.7. The van der Waals surface area contributed by atoms with Gasteiger partial charge in [0.2, 0.25) is 15.9 Å². The van der Waals surface area contributed by atoms with Crippen LogP contribution >= 0.6 is 27.5 Å². The zero-order valence-electron chi connectivity index (χ0n) is 14.6. The first-order valence-corrected chi connectivity index (χ1v) is 11.3. The van der Waals surface area contributed by atoms with Crippen molar-refractivity contribution < 1.29 is 13.2 Å². The fourth-order valence-corrected chi connectivity index (χ4v) is 5.16. The van der Waals surface area contributed by atoms with Crippen LogP contribution in [0.1, 0.15) is 12.0 Å². The number of hydrogen-bond donors (Lipinski definition) is 0. The highest BCUT2D eigenvalue weighted by Gasteiger charge is 2.30. The minimum Gasteiger partial charge on any atom is -0.340 e. The molecule has 2 aromatic carbocycles. The maximum atomic E-state index is 12.7. The summed E-state index contributed by atoms with van der Waals surface area (Å²) in [7, 11) is -3.54. The first kappa shape index (κ1) is 20.3. The second-order valence-electron chi connectivity index (χ2n) is 6.37. The summed E-state index contributed by atoms with van der Waals surface area (Å²) in [6, 6.07) is 14.1. The molecule has 5 nitrogen and oxygen atoms in total. The Balaban J connectivity index is 1.55. The number of sulfonamides is 1. The highest BCUT2D eigenvalue weighted by molar-refractivity contribution is 9.10. The zero-order chi connectivity index (χ0) is 19.4. The highest BCUT2D eigenvalue weighted by Crippen LogP contribution is 2.21. The third-order valence-corrected chi connectivity index (χ3v) is 7.21. The molecule has 0 atom stereocenters. The third kappa shape index (κ3) is 5.10. The average Bonchev–Trinajstić information content (AvgIpc) is 2.67. The van der Waals surface area contributed by atoms with E-state index in [1.54, 1.807) is 29.2 Å². The molecule has 1 aliphatic heterocycles. The predicted molar refractivity (Wildman–Crippen MR) is 109 cm³/mol. The normalized spacial score (nSPS) is 15.7. The van der Waals surface area contributed by atoms with Crippen LogP contribution in [0.4, 0.5) is 0 Å². The van der Waals surface area contributed by atoms with Gasteiger partial charge in [0.15, 0.2) is 0 Å². The quantitative estimate of drug-likeness (QED) is 0.670. The van der Waals surface area contributed by atoms with Crippen molar-refractivity contribution in [3.8, 4) is 0 Å². The second-order valence-corrected chi connectivity index (χ2v) is 9.66. The summed E-state index contributed by atoms with van der Waals surface area (Å²) in [5.74, 6) is 0.0458. The first-order chi connectivity index (χ1) is 12.9. The molecule has 8 heteroatoms. The number of nitrogens with zero attached hydrogens (tertiary/aromatic N) is 2. The number of carbonyl (C=O) groups is 1. The lowest BCUT2D eigenvalue weighted by Gasteiger charge is -2.34. The molecule has 1 heterocycles. The van der Waals surface area contributed by atoms with Crippen LogP contribution in [-0.4, -0.2) is 49.7 Å². The molecule has 1 saturated heterocycles. The van der Waals surface area contributed by atoms with Crippen LogP contribution in [0.5, 0.6) is 0 Å². The van der Waals surface area contributed by atoms with Crippen LogP contribution in [0.3, 0.4) is 0 Å². The van der Waals surface area contributed by atoms with Gasteiger partial charge in [-0.15, -0.1) is 0 Å². The predicted octanol–water partition coefficient (Wildman–Crippen LogP) is 3.57. The third-order valence-electron chi connectivity index (χ3n) is 4.57. The lowest BCUT2D eigenvalue weighted by Crippen LogP contribution is -2.50. The molecule has 2 aromatic rings. The van der Waals surface area contributed by atoms with Crippen molar-refractivity contribution >= 4 is 43.5 Å². The van der Waals surface area contributed by atoms with Crippen molar-refractivity contribution in [1.82, 2.24) is 9.21 Å². The Bertz CT molecular complexity index is 911. The van der Waals surface area contributed by atoms with Crippen LogP contribution in [0.25, 0.3) is 0 Å². The van der Waals surface area contributed by atoms with Crippen molar-refractivity contribution in [1.29, 1.82) is 0 Å². The topological polar surface area (TPSA) is 57.7 Å². The summed E-state index contributed by atoms with van der Waals surface area (Å²) in [5.41, 5.74) is 1.06. The summed E-state index contributed by atoms with van der Waals surface area (Å²) in [6.45, 7) is 1.43.